The molecular weight excluding hydrogens is 1210 g/mol. The van der Waals surface area contributed by atoms with E-state index in [2.05, 4.69) is 79.6 Å². The highest BCUT2D eigenvalue weighted by Gasteiger charge is 2.14. The summed E-state index contributed by atoms with van der Waals surface area (Å²) in [6, 6.07) is 27.6. The summed E-state index contributed by atoms with van der Waals surface area (Å²) in [6.45, 7) is 63.5. The minimum Gasteiger partial charge on any atom is -0.256 e. The molecule has 0 amide bonds. The molecule has 0 unspecified atom stereocenters. The van der Waals surface area contributed by atoms with Gasteiger partial charge < -0.3 is 0 Å². The monoisotopic (exact) mass is 1270 g/mol. The molecule has 0 radical (unpaired) electrons. The molecule has 6 aromatic heterocycles. The maximum absolute atomic E-state index is 8.97. The van der Waals surface area contributed by atoms with Crippen LogP contribution in [0.5, 0.6) is 0 Å². The van der Waals surface area contributed by atoms with Gasteiger partial charge in [-0.15, -0.1) is 68.0 Å². The van der Waals surface area contributed by atoms with E-state index >= 15 is 0 Å². The summed E-state index contributed by atoms with van der Waals surface area (Å²) in [5.74, 6) is 0. The molecule has 6 aromatic carbocycles. The van der Waals surface area contributed by atoms with Crippen LogP contribution in [0.4, 0.5) is 22.7 Å². The van der Waals surface area contributed by atoms with E-state index in [1.165, 1.54) is 39.6 Å². The number of hydrogen-bond acceptors (Lipinski definition) is 16. The number of nitriles is 4. The van der Waals surface area contributed by atoms with E-state index < -0.39 is 0 Å². The number of benzene rings is 6. The summed E-state index contributed by atoms with van der Waals surface area (Å²) in [6.07, 6.45) is 0. The molecule has 0 aliphatic heterocycles. The van der Waals surface area contributed by atoms with Gasteiger partial charge in [0.1, 0.15) is 24.3 Å². The van der Waals surface area contributed by atoms with Crippen molar-refractivity contribution in [1.82, 2.24) is 29.9 Å². The molecule has 0 fully saturated rings. The van der Waals surface area contributed by atoms with Gasteiger partial charge in [-0.2, -0.15) is 21.0 Å². The van der Waals surface area contributed by atoms with Gasteiger partial charge in [0.2, 0.25) is 22.7 Å². The van der Waals surface area contributed by atoms with E-state index in [4.69, 9.17) is 47.3 Å². The van der Waals surface area contributed by atoms with Crippen molar-refractivity contribution in [2.24, 2.45) is 0 Å². The number of nitrogens with zero attached hydrogens (tertiary/aromatic N) is 14. The lowest BCUT2D eigenvalue weighted by Crippen LogP contribution is -1.89. The van der Waals surface area contributed by atoms with Gasteiger partial charge in [0.25, 0.3) is 0 Å². The smallest absolute Gasteiger partial charge is 0.216 e. The summed E-state index contributed by atoms with van der Waals surface area (Å²) in [5, 5.41) is 35.6. The van der Waals surface area contributed by atoms with Crippen LogP contribution in [-0.4, -0.2) is 29.9 Å². The zero-order valence-corrected chi connectivity index (χ0v) is 57.8. The van der Waals surface area contributed by atoms with E-state index in [1.54, 1.807) is 73.1 Å². The Hall–Kier alpha value is -9.42. The Balaban J connectivity index is 0.000000510. The summed E-state index contributed by atoms with van der Waals surface area (Å²) < 4.78 is 5.92. The molecule has 0 atom stereocenters. The first-order valence-electron chi connectivity index (χ1n) is 28.0. The minimum atomic E-state index is 0.449. The molecule has 12 aromatic rings. The summed E-state index contributed by atoms with van der Waals surface area (Å²) in [7, 11) is 0. The molecule has 0 saturated heterocycles. The average molecular weight is 1280 g/mol. The van der Waals surface area contributed by atoms with E-state index in [9.17, 15) is 0 Å². The first-order valence-corrected chi connectivity index (χ1v) is 33.3. The fraction of sp³-hybridized carbons (Fsp3) is 0.265. The summed E-state index contributed by atoms with van der Waals surface area (Å²) in [4.78, 5) is 38.5. The van der Waals surface area contributed by atoms with Gasteiger partial charge in [-0.3, -0.25) is 19.9 Å². The van der Waals surface area contributed by atoms with Crippen LogP contribution in [0, 0.1) is 113 Å². The minimum absolute atomic E-state index is 0.449. The first kappa shape index (κ1) is 76.6. The number of aryl methyl sites for hydroxylation is 6. The first-order chi connectivity index (χ1) is 42.8. The van der Waals surface area contributed by atoms with Crippen molar-refractivity contribution >= 4 is 152 Å². The average Bonchev–Trinajstić information content (AvgIpc) is 3.67. The predicted molar refractivity (Wildman–Crippen MR) is 378 cm³/mol. The molecule has 0 aliphatic rings. The zero-order chi connectivity index (χ0) is 66.5. The third-order valence-corrected chi connectivity index (χ3v) is 16.2. The fourth-order valence-corrected chi connectivity index (χ4v) is 12.0. The van der Waals surface area contributed by atoms with E-state index in [1.807, 2.05) is 173 Å². The Morgan fingerprint density at radius 2 is 0.807 bits per heavy atom. The number of thiazole rings is 6. The SMILES string of the molecule is CC.CC.CC.CC.CC.CC.Cc1cc2ncsc2c(C#N)c1C#N.Cc1ccc2ncsc2c1C#N.[C-]#[N+]c1c(C)cc(C#N)c2scnc12.[C-]#[N+]c1c(C)ccc2scnc12.[C-]#[N+]c1cc(C)cc2scnc12.[C-]#[N+]c1ccc(C)c2scnc12. The highest BCUT2D eigenvalue weighted by atomic mass is 32.1. The largest absolute Gasteiger partial charge is 0.256 e. The maximum Gasteiger partial charge on any atom is 0.216 e. The highest BCUT2D eigenvalue weighted by Crippen LogP contribution is 2.35. The quantitative estimate of drug-likeness (QED) is 0.132. The fourth-order valence-electron chi connectivity index (χ4n) is 7.40. The molecule has 0 aliphatic carbocycles. The summed E-state index contributed by atoms with van der Waals surface area (Å²) in [5.41, 5.74) is 26.1. The van der Waals surface area contributed by atoms with Crippen LogP contribution in [0.25, 0.3) is 80.7 Å². The van der Waals surface area contributed by atoms with Gasteiger partial charge in [0.15, 0.2) is 0 Å². The van der Waals surface area contributed by atoms with E-state index in [0.29, 0.717) is 45.0 Å². The second-order valence-corrected chi connectivity index (χ2v) is 21.2. The lowest BCUT2D eigenvalue weighted by atomic mass is 10.0. The van der Waals surface area contributed by atoms with Crippen molar-refractivity contribution in [1.29, 1.82) is 21.0 Å². The molecule has 6 heterocycles. The van der Waals surface area contributed by atoms with E-state index in [-0.39, 0.29) is 0 Å². The Kier molecular flexibility index (Phi) is 36.2. The molecule has 12 rings (SSSR count). The maximum atomic E-state index is 8.97. The molecule has 20 heteroatoms. The van der Waals surface area contributed by atoms with E-state index in [0.717, 1.165) is 89.2 Å². The van der Waals surface area contributed by atoms with Crippen molar-refractivity contribution in [2.45, 2.75) is 125 Å². The zero-order valence-electron chi connectivity index (χ0n) is 52.9. The second kappa shape index (κ2) is 41.6. The topological polar surface area (TPSA) is 190 Å². The highest BCUT2D eigenvalue weighted by molar-refractivity contribution is 7.18. The van der Waals surface area contributed by atoms with Gasteiger partial charge in [-0.25, -0.2) is 29.3 Å². The predicted octanol–water partition coefficient (Wildman–Crippen LogP) is 23.5. The van der Waals surface area contributed by atoms with Crippen molar-refractivity contribution in [3.63, 3.8) is 0 Å². The third-order valence-electron chi connectivity index (χ3n) is 11.1. The lowest BCUT2D eigenvalue weighted by Gasteiger charge is -1.99. The van der Waals surface area contributed by atoms with Gasteiger partial charge >= 0.3 is 0 Å². The van der Waals surface area contributed by atoms with Crippen LogP contribution < -0.4 is 0 Å². The molecule has 0 saturated carbocycles. The van der Waals surface area contributed by atoms with Gasteiger partial charge in [-0.1, -0.05) is 125 Å². The number of fused-ring (bicyclic) bond motifs is 6. The van der Waals surface area contributed by atoms with Gasteiger partial charge in [-0.05, 0) is 93.6 Å². The Bertz CT molecular complexity index is 4430. The molecule has 0 spiro atoms. The third kappa shape index (κ3) is 19.6. The van der Waals surface area contributed by atoms with Crippen LogP contribution in [0.2, 0.25) is 0 Å². The summed E-state index contributed by atoms with van der Waals surface area (Å²) >= 11 is 9.05. The Labute approximate surface area is 543 Å². The molecule has 0 N–H and O–H groups in total. The normalized spacial score (nSPS) is 8.93. The van der Waals surface area contributed by atoms with Crippen LogP contribution in [0.1, 0.15) is 139 Å². The number of hydrogen-bond donors (Lipinski definition) is 0. The molecule has 14 nitrogen and oxygen atoms in total. The Morgan fingerprint density at radius 3 is 1.38 bits per heavy atom. The number of rotatable bonds is 0. The number of aromatic nitrogens is 6. The standard InChI is InChI=1S/2C10H5N3S.4C9H6N2S.6C2H6/c1-6-3-7(4-11)10-9(8(6)12-2)13-5-14-10;1-6-2-9-10(14-5-13-9)8(4-12)7(6)3-11;1-6-3-7(10-2)9-8(4-6)12-5-11-9;1-6-3-4-7(10-2)8-9(6)12-5-11-8;1-6-3-4-7-9(8(6)10-2)11-5-12-7;1-6-2-3-8-9(7(6)4-10)12-5-11-8;6*1-2/h3,5H,1H3;2,5H,1H3;3*3-5H,1H3;2-3,5H,1H3;6*1-2H3. The molecule has 448 valence electrons. The van der Waals surface area contributed by atoms with Crippen molar-refractivity contribution in [3.05, 3.63) is 195 Å². The molecule has 88 heavy (non-hydrogen) atoms. The van der Waals surface area contributed by atoms with Crippen LogP contribution in [0.3, 0.4) is 0 Å². The van der Waals surface area contributed by atoms with Crippen LogP contribution >= 0.6 is 68.0 Å². The van der Waals surface area contributed by atoms with Crippen molar-refractivity contribution < 1.29 is 0 Å². The van der Waals surface area contributed by atoms with Crippen molar-refractivity contribution in [2.75, 3.05) is 0 Å². The van der Waals surface area contributed by atoms with Crippen LogP contribution in [-0.2, 0) is 0 Å². The lowest BCUT2D eigenvalue weighted by molar-refractivity contribution is 1.37. The second-order valence-electron chi connectivity index (χ2n) is 16.0. The van der Waals surface area contributed by atoms with Crippen LogP contribution in [0.15, 0.2) is 93.7 Å². The van der Waals surface area contributed by atoms with Crippen molar-refractivity contribution in [3.8, 4) is 24.3 Å². The van der Waals surface area contributed by atoms with Gasteiger partial charge in [0, 0.05) is 14.1 Å². The molecule has 0 bridgehead atoms. The van der Waals surface area contributed by atoms with Gasteiger partial charge in [0.05, 0.1) is 129 Å². The Morgan fingerprint density at radius 1 is 0.341 bits per heavy atom. The molecular formula is C68H70N14S6.